The molecule has 0 aliphatic rings. The first-order valence-corrected chi connectivity index (χ1v) is 7.70. The molecule has 0 bridgehead atoms. The molecule has 2 aromatic carbocycles. The van der Waals surface area contributed by atoms with Crippen molar-refractivity contribution in [3.05, 3.63) is 63.6 Å². The highest BCUT2D eigenvalue weighted by Gasteiger charge is 2.15. The predicted molar refractivity (Wildman–Crippen MR) is 92.5 cm³/mol. The van der Waals surface area contributed by atoms with Crippen molar-refractivity contribution < 1.29 is 0 Å². The van der Waals surface area contributed by atoms with Gasteiger partial charge in [-0.25, -0.2) is 0 Å². The number of nitrogens with zero attached hydrogens (tertiary/aromatic N) is 1. The van der Waals surface area contributed by atoms with Gasteiger partial charge in [0.2, 0.25) is 0 Å². The quantitative estimate of drug-likeness (QED) is 0.841. The minimum atomic E-state index is 0.233. The molecule has 1 N–H and O–H groups in total. The van der Waals surface area contributed by atoms with Crippen molar-refractivity contribution in [2.75, 3.05) is 19.0 Å². The summed E-state index contributed by atoms with van der Waals surface area (Å²) in [5, 5.41) is 4.70. The minimum absolute atomic E-state index is 0.233. The van der Waals surface area contributed by atoms with Crippen LogP contribution in [0, 0.1) is 0 Å². The lowest BCUT2D eigenvalue weighted by Gasteiger charge is -2.29. The maximum absolute atomic E-state index is 6.17. The van der Waals surface area contributed by atoms with E-state index in [0.717, 1.165) is 22.3 Å². The zero-order valence-electron chi connectivity index (χ0n) is 12.5. The lowest BCUT2D eigenvalue weighted by Crippen LogP contribution is -2.23. The summed E-state index contributed by atoms with van der Waals surface area (Å²) in [5.74, 6) is 0. The normalized spacial score (nSPS) is 12.2. The summed E-state index contributed by atoms with van der Waals surface area (Å²) in [4.78, 5) is 2.24. The summed E-state index contributed by atoms with van der Waals surface area (Å²) in [5.41, 5.74) is 3.58. The Morgan fingerprint density at radius 1 is 1.05 bits per heavy atom. The van der Waals surface area contributed by atoms with Gasteiger partial charge in [0.1, 0.15) is 0 Å². The third-order valence-corrected chi connectivity index (χ3v) is 4.21. The predicted octanol–water partition coefficient (Wildman–Crippen LogP) is 4.91. The first kappa shape index (κ1) is 16.2. The standard InChI is InChI=1S/C17H20Cl2N2/c1-12(13-4-7-15(18)8-5-13)21(3)17-10-16(19)9-6-14(17)11-20-2/h4-10,12,20H,11H2,1-3H3. The molecule has 0 aliphatic carbocycles. The molecule has 4 heteroatoms. The van der Waals surface area contributed by atoms with Crippen molar-refractivity contribution in [3.8, 4) is 0 Å². The molecular formula is C17H20Cl2N2. The molecule has 0 radical (unpaired) electrons. The number of nitrogens with one attached hydrogen (secondary N) is 1. The van der Waals surface area contributed by atoms with Crippen LogP contribution in [-0.2, 0) is 6.54 Å². The van der Waals surface area contributed by atoms with E-state index in [0.29, 0.717) is 0 Å². The van der Waals surface area contributed by atoms with Gasteiger partial charge < -0.3 is 10.2 Å². The number of halogens is 2. The second-order valence-corrected chi connectivity index (χ2v) is 6.01. The summed E-state index contributed by atoms with van der Waals surface area (Å²) in [6.07, 6.45) is 0. The molecule has 0 amide bonds. The van der Waals surface area contributed by atoms with Crippen molar-refractivity contribution in [2.24, 2.45) is 0 Å². The van der Waals surface area contributed by atoms with Gasteiger partial charge in [0, 0.05) is 29.3 Å². The van der Waals surface area contributed by atoms with Gasteiger partial charge in [-0.15, -0.1) is 0 Å². The topological polar surface area (TPSA) is 15.3 Å². The van der Waals surface area contributed by atoms with Crippen LogP contribution >= 0.6 is 23.2 Å². The second-order valence-electron chi connectivity index (χ2n) is 5.14. The Morgan fingerprint density at radius 3 is 2.29 bits per heavy atom. The van der Waals surface area contributed by atoms with Crippen LogP contribution in [0.1, 0.15) is 24.1 Å². The fourth-order valence-corrected chi connectivity index (χ4v) is 2.67. The second kappa shape index (κ2) is 7.17. The van der Waals surface area contributed by atoms with Crippen molar-refractivity contribution >= 4 is 28.9 Å². The molecule has 112 valence electrons. The first-order valence-electron chi connectivity index (χ1n) is 6.94. The summed E-state index contributed by atoms with van der Waals surface area (Å²) >= 11 is 12.1. The monoisotopic (exact) mass is 322 g/mol. The van der Waals surface area contributed by atoms with Gasteiger partial charge in [0.25, 0.3) is 0 Å². The zero-order chi connectivity index (χ0) is 15.4. The number of hydrogen-bond donors (Lipinski definition) is 1. The molecule has 1 unspecified atom stereocenters. The van der Waals surface area contributed by atoms with Crippen molar-refractivity contribution in [1.29, 1.82) is 0 Å². The van der Waals surface area contributed by atoms with E-state index in [1.165, 1.54) is 11.1 Å². The maximum Gasteiger partial charge on any atom is 0.0511 e. The smallest absolute Gasteiger partial charge is 0.0511 e. The van der Waals surface area contributed by atoms with Crippen LogP contribution in [0.25, 0.3) is 0 Å². The van der Waals surface area contributed by atoms with E-state index in [2.05, 4.69) is 42.4 Å². The van der Waals surface area contributed by atoms with E-state index in [9.17, 15) is 0 Å². The average molecular weight is 323 g/mol. The molecule has 0 spiro atoms. The molecule has 2 aromatic rings. The Bertz CT molecular complexity index is 596. The molecule has 0 aromatic heterocycles. The molecule has 1 atom stereocenters. The molecule has 0 saturated heterocycles. The molecule has 0 heterocycles. The summed E-state index contributed by atoms with van der Waals surface area (Å²) in [7, 11) is 4.03. The molecule has 0 fully saturated rings. The highest BCUT2D eigenvalue weighted by atomic mass is 35.5. The van der Waals surface area contributed by atoms with Crippen molar-refractivity contribution in [3.63, 3.8) is 0 Å². The van der Waals surface area contributed by atoms with Gasteiger partial charge in [-0.1, -0.05) is 41.4 Å². The molecular weight excluding hydrogens is 303 g/mol. The fraction of sp³-hybridized carbons (Fsp3) is 0.294. The van der Waals surface area contributed by atoms with Crippen molar-refractivity contribution in [2.45, 2.75) is 19.5 Å². The lowest BCUT2D eigenvalue weighted by molar-refractivity contribution is 0.727. The number of anilines is 1. The fourth-order valence-electron chi connectivity index (χ4n) is 2.38. The van der Waals surface area contributed by atoms with Crippen LogP contribution in [0.5, 0.6) is 0 Å². The Kier molecular flexibility index (Phi) is 5.51. The Morgan fingerprint density at radius 2 is 1.67 bits per heavy atom. The first-order chi connectivity index (χ1) is 10.0. The third-order valence-electron chi connectivity index (χ3n) is 3.73. The zero-order valence-corrected chi connectivity index (χ0v) is 14.0. The molecule has 2 rings (SSSR count). The van der Waals surface area contributed by atoms with E-state index in [-0.39, 0.29) is 6.04 Å². The van der Waals surface area contributed by atoms with Gasteiger partial charge in [-0.05, 0) is 49.4 Å². The minimum Gasteiger partial charge on any atom is -0.368 e. The number of hydrogen-bond acceptors (Lipinski definition) is 2. The van der Waals surface area contributed by atoms with Crippen LogP contribution in [0.3, 0.4) is 0 Å². The summed E-state index contributed by atoms with van der Waals surface area (Å²) < 4.78 is 0. The van der Waals surface area contributed by atoms with Gasteiger partial charge in [0.15, 0.2) is 0 Å². The van der Waals surface area contributed by atoms with Gasteiger partial charge in [-0.2, -0.15) is 0 Å². The Balaban J connectivity index is 2.32. The number of rotatable bonds is 5. The van der Waals surface area contributed by atoms with Gasteiger partial charge in [-0.3, -0.25) is 0 Å². The van der Waals surface area contributed by atoms with Crippen LogP contribution in [0.4, 0.5) is 5.69 Å². The van der Waals surface area contributed by atoms with Gasteiger partial charge >= 0.3 is 0 Å². The average Bonchev–Trinajstić information content (AvgIpc) is 2.48. The molecule has 0 aliphatic heterocycles. The molecule has 21 heavy (non-hydrogen) atoms. The Labute approximate surface area is 136 Å². The molecule has 2 nitrogen and oxygen atoms in total. The SMILES string of the molecule is CNCc1ccc(Cl)cc1N(C)C(C)c1ccc(Cl)cc1. The molecule has 0 saturated carbocycles. The van der Waals surface area contributed by atoms with Crippen molar-refractivity contribution in [1.82, 2.24) is 5.32 Å². The van der Waals surface area contributed by atoms with E-state index in [4.69, 9.17) is 23.2 Å². The highest BCUT2D eigenvalue weighted by Crippen LogP contribution is 2.31. The van der Waals surface area contributed by atoms with E-state index >= 15 is 0 Å². The third kappa shape index (κ3) is 3.91. The van der Waals surface area contributed by atoms with E-state index in [1.807, 2.05) is 31.3 Å². The largest absolute Gasteiger partial charge is 0.368 e. The van der Waals surface area contributed by atoms with Crippen LogP contribution in [0.15, 0.2) is 42.5 Å². The maximum atomic E-state index is 6.17. The lowest BCUT2D eigenvalue weighted by atomic mass is 10.0. The van der Waals surface area contributed by atoms with Crippen LogP contribution in [0.2, 0.25) is 10.0 Å². The van der Waals surface area contributed by atoms with E-state index < -0.39 is 0 Å². The van der Waals surface area contributed by atoms with Gasteiger partial charge in [0.05, 0.1) is 6.04 Å². The Hall–Kier alpha value is -1.22. The number of benzene rings is 2. The summed E-state index contributed by atoms with van der Waals surface area (Å²) in [6, 6.07) is 14.2. The van der Waals surface area contributed by atoms with Crippen LogP contribution < -0.4 is 10.2 Å². The highest BCUT2D eigenvalue weighted by molar-refractivity contribution is 6.31. The summed E-state index contributed by atoms with van der Waals surface area (Å²) in [6.45, 7) is 2.98. The van der Waals surface area contributed by atoms with E-state index in [1.54, 1.807) is 0 Å². The van der Waals surface area contributed by atoms with Crippen LogP contribution in [-0.4, -0.2) is 14.1 Å².